The van der Waals surface area contributed by atoms with Crippen molar-refractivity contribution < 1.29 is 4.57 Å². The molecule has 0 aliphatic rings. The van der Waals surface area contributed by atoms with Crippen LogP contribution in [0.25, 0.3) is 5.41 Å². The first-order valence-electron chi connectivity index (χ1n) is 4.30. The highest BCUT2D eigenvalue weighted by Crippen LogP contribution is 1.88. The molecule has 0 aliphatic carbocycles. The second-order valence-corrected chi connectivity index (χ2v) is 2.87. The van der Waals surface area contributed by atoms with Crippen molar-refractivity contribution in [2.75, 3.05) is 0 Å². The Hall–Kier alpha value is -0.990. The van der Waals surface area contributed by atoms with Crippen molar-refractivity contribution in [2.24, 2.45) is 0 Å². The summed E-state index contributed by atoms with van der Waals surface area (Å²) in [5.41, 5.74) is 0. The zero-order valence-electron chi connectivity index (χ0n) is 8.08. The van der Waals surface area contributed by atoms with Crippen molar-refractivity contribution in [3.63, 3.8) is 0 Å². The number of rotatable bonds is 3. The third kappa shape index (κ3) is 5.28. The fraction of sp³-hybridized carbons (Fsp3) is 0.556. The van der Waals surface area contributed by atoms with E-state index in [0.717, 1.165) is 6.54 Å². The van der Waals surface area contributed by atoms with Crippen molar-refractivity contribution >= 4 is 17.4 Å². The van der Waals surface area contributed by atoms with Gasteiger partial charge in [-0.05, 0) is 6.42 Å². The maximum absolute atomic E-state index is 7.13. The van der Waals surface area contributed by atoms with Crippen LogP contribution in [0.2, 0.25) is 0 Å². The smallest absolute Gasteiger partial charge is 0.251 e. The lowest BCUT2D eigenvalue weighted by molar-refractivity contribution is -0.701. The van der Waals surface area contributed by atoms with Crippen LogP contribution in [0.5, 0.6) is 0 Å². The van der Waals surface area contributed by atoms with Gasteiger partial charge in [0.15, 0.2) is 0 Å². The third-order valence-corrected chi connectivity index (χ3v) is 1.73. The Balaban J connectivity index is 0.000000424. The van der Waals surface area contributed by atoms with Crippen LogP contribution in [0.15, 0.2) is 12.4 Å². The van der Waals surface area contributed by atoms with Crippen molar-refractivity contribution in [1.82, 2.24) is 4.98 Å². The van der Waals surface area contributed by atoms with Crippen LogP contribution in [0.1, 0.15) is 25.6 Å². The minimum Gasteiger partial charge on any atom is -0.753 e. The average molecular weight is 197 g/mol. The summed E-state index contributed by atoms with van der Waals surface area (Å²) in [6, 6.07) is 0. The first-order valence-corrected chi connectivity index (χ1v) is 4.71. The number of H-pyrrole nitrogens is 1. The molecule has 1 aromatic rings. The molecule has 0 aliphatic heterocycles. The first-order chi connectivity index (χ1) is 6.26. The molecule has 72 valence electrons. The van der Waals surface area contributed by atoms with E-state index in [-0.39, 0.29) is 0 Å². The lowest BCUT2D eigenvalue weighted by Gasteiger charge is -1.93. The molecule has 0 radical (unpaired) electrons. The number of aromatic nitrogens is 2. The molecule has 0 atom stereocenters. The molecule has 0 bridgehead atoms. The van der Waals surface area contributed by atoms with E-state index in [4.69, 9.17) is 5.41 Å². The van der Waals surface area contributed by atoms with Crippen molar-refractivity contribution in [3.05, 3.63) is 23.6 Å². The molecule has 0 spiro atoms. The highest BCUT2D eigenvalue weighted by molar-refractivity contribution is 7.78. The summed E-state index contributed by atoms with van der Waals surface area (Å²) in [5, 5.41) is 8.47. The summed E-state index contributed by atoms with van der Waals surface area (Å²) in [6.45, 7) is 5.45. The Morgan fingerprint density at radius 3 is 2.69 bits per heavy atom. The fourth-order valence-corrected chi connectivity index (χ4v) is 1.01. The van der Waals surface area contributed by atoms with E-state index in [2.05, 4.69) is 41.8 Å². The van der Waals surface area contributed by atoms with Gasteiger partial charge in [0.25, 0.3) is 5.82 Å². The number of nitrogens with one attached hydrogen (secondary N) is 1. The molecule has 4 heteroatoms. The van der Waals surface area contributed by atoms with Crippen LogP contribution in [0, 0.1) is 6.92 Å². The Morgan fingerprint density at radius 1 is 1.69 bits per heavy atom. The molecule has 0 aromatic carbocycles. The van der Waals surface area contributed by atoms with Crippen LogP contribution >= 0.6 is 12.2 Å². The SMILES string of the molecule is CCCC[n+]1cc[nH]c1C.[N-]=C=S. The van der Waals surface area contributed by atoms with Crippen molar-refractivity contribution in [3.8, 4) is 0 Å². The standard InChI is InChI=1S/C8H14N2.CNS/c1-3-4-6-10-7-5-9-8(10)2;2-1-3/h5,7H,3-4,6H2,1-2H3;/q;-1/p+1. The van der Waals surface area contributed by atoms with Gasteiger partial charge in [0.05, 0.1) is 6.54 Å². The molecule has 13 heavy (non-hydrogen) atoms. The van der Waals surface area contributed by atoms with E-state index < -0.39 is 0 Å². The summed E-state index contributed by atoms with van der Waals surface area (Å²) in [7, 11) is 0. The molecule has 0 fully saturated rings. The van der Waals surface area contributed by atoms with Gasteiger partial charge in [0, 0.05) is 6.92 Å². The fourth-order valence-electron chi connectivity index (χ4n) is 1.01. The van der Waals surface area contributed by atoms with Gasteiger partial charge in [-0.3, -0.25) is 0 Å². The average Bonchev–Trinajstić information content (AvgIpc) is 2.49. The largest absolute Gasteiger partial charge is 0.753 e. The van der Waals surface area contributed by atoms with E-state index in [9.17, 15) is 0 Å². The predicted molar refractivity (Wildman–Crippen MR) is 56.6 cm³/mol. The molecule has 1 heterocycles. The van der Waals surface area contributed by atoms with E-state index in [1.165, 1.54) is 23.8 Å². The van der Waals surface area contributed by atoms with E-state index in [1.54, 1.807) is 0 Å². The quantitative estimate of drug-likeness (QED) is 0.450. The van der Waals surface area contributed by atoms with Crippen LogP contribution in [-0.4, -0.2) is 10.1 Å². The molecule has 1 rings (SSSR count). The Kier molecular flexibility index (Phi) is 7.07. The summed E-state index contributed by atoms with van der Waals surface area (Å²) >= 11 is 3.70. The third-order valence-electron chi connectivity index (χ3n) is 1.73. The molecule has 0 unspecified atom stereocenters. The van der Waals surface area contributed by atoms with Crippen LogP contribution in [0.3, 0.4) is 0 Å². The summed E-state index contributed by atoms with van der Waals surface area (Å²) in [4.78, 5) is 3.14. The van der Waals surface area contributed by atoms with Crippen LogP contribution < -0.4 is 4.57 Å². The minimum absolute atomic E-state index is 1.14. The number of thiocarbonyl (C=S) groups is 1. The Morgan fingerprint density at radius 2 is 2.31 bits per heavy atom. The lowest BCUT2D eigenvalue weighted by atomic mass is 10.3. The maximum Gasteiger partial charge on any atom is 0.251 e. The van der Waals surface area contributed by atoms with E-state index in [0.29, 0.717) is 0 Å². The molecule has 1 aromatic heterocycles. The van der Waals surface area contributed by atoms with Gasteiger partial charge in [-0.15, -0.1) is 0 Å². The monoisotopic (exact) mass is 197 g/mol. The molecule has 3 nitrogen and oxygen atoms in total. The van der Waals surface area contributed by atoms with Gasteiger partial charge in [0.1, 0.15) is 12.4 Å². The molecule has 1 N–H and O–H groups in total. The number of isothiocyanates is 1. The second kappa shape index (κ2) is 7.65. The number of imidazole rings is 1. The number of aromatic amines is 1. The molecular formula is C9H15N3S. The van der Waals surface area contributed by atoms with Gasteiger partial charge in [0.2, 0.25) is 0 Å². The number of aryl methyl sites for hydroxylation is 2. The molecule has 0 saturated heterocycles. The lowest BCUT2D eigenvalue weighted by Crippen LogP contribution is -2.34. The predicted octanol–water partition coefficient (Wildman–Crippen LogP) is 2.07. The zero-order valence-corrected chi connectivity index (χ0v) is 8.90. The normalized spacial score (nSPS) is 8.46. The van der Waals surface area contributed by atoms with Gasteiger partial charge in [-0.1, -0.05) is 25.6 Å². The van der Waals surface area contributed by atoms with Crippen LogP contribution in [0.4, 0.5) is 0 Å². The maximum atomic E-state index is 7.13. The molecular weight excluding hydrogens is 182 g/mol. The topological polar surface area (TPSA) is 42.0 Å². The second-order valence-electron chi connectivity index (χ2n) is 2.68. The zero-order chi connectivity index (χ0) is 10.1. The van der Waals surface area contributed by atoms with E-state index >= 15 is 0 Å². The van der Waals surface area contributed by atoms with Crippen molar-refractivity contribution in [2.45, 2.75) is 33.2 Å². The highest BCUT2D eigenvalue weighted by atomic mass is 32.1. The van der Waals surface area contributed by atoms with Gasteiger partial charge in [-0.2, -0.15) is 5.16 Å². The van der Waals surface area contributed by atoms with E-state index in [1.807, 2.05) is 6.20 Å². The number of hydrogen-bond donors (Lipinski definition) is 1. The van der Waals surface area contributed by atoms with Crippen LogP contribution in [-0.2, 0) is 6.54 Å². The minimum atomic E-state index is 1.14. The number of hydrogen-bond acceptors (Lipinski definition) is 1. The number of unbranched alkanes of at least 4 members (excludes halogenated alkanes) is 1. The number of nitrogens with zero attached hydrogens (tertiary/aromatic N) is 2. The highest BCUT2D eigenvalue weighted by Gasteiger charge is 2.01. The summed E-state index contributed by atoms with van der Waals surface area (Å²) in [5.74, 6) is 1.24. The Bertz CT molecular complexity index is 262. The van der Waals surface area contributed by atoms with Gasteiger partial charge in [-0.25, -0.2) is 9.55 Å². The first kappa shape index (κ1) is 12.0. The Labute approximate surface area is 84.3 Å². The molecule has 0 amide bonds. The van der Waals surface area contributed by atoms with Crippen molar-refractivity contribution in [1.29, 1.82) is 0 Å². The summed E-state index contributed by atoms with van der Waals surface area (Å²) in [6.07, 6.45) is 6.59. The van der Waals surface area contributed by atoms with Gasteiger partial charge < -0.3 is 5.41 Å². The summed E-state index contributed by atoms with van der Waals surface area (Å²) < 4.78 is 2.24. The van der Waals surface area contributed by atoms with Gasteiger partial charge >= 0.3 is 0 Å². The molecule has 0 saturated carbocycles.